The molecular formula is C25H31NO6. The fourth-order valence-electron chi connectivity index (χ4n) is 3.98. The molecule has 7 nitrogen and oxygen atoms in total. The van der Waals surface area contributed by atoms with Gasteiger partial charge in [-0.05, 0) is 62.1 Å². The number of hydrogen-bond acceptors (Lipinski definition) is 6. The number of furan rings is 1. The van der Waals surface area contributed by atoms with Crippen LogP contribution in [0, 0.1) is 6.92 Å². The van der Waals surface area contributed by atoms with E-state index in [0.717, 1.165) is 11.3 Å². The molecule has 1 atom stereocenters. The lowest BCUT2D eigenvalue weighted by atomic mass is 9.95. The molecule has 1 amide bonds. The van der Waals surface area contributed by atoms with Crippen molar-refractivity contribution in [3.05, 3.63) is 58.6 Å². The number of hydrogen-bond donors (Lipinski definition) is 1. The standard InChI is InChI=1S/C25H31NO6/c1-6-31-19-11-9-17(14-18(19)15(2)3)23(27)21-22(20-10-8-16(4)32-20)26(12-7-13-30-5)25(29)24(21)28/h8-11,14-15,22,27H,6-7,12-13H2,1-5H3/b23-21-. The van der Waals surface area contributed by atoms with Gasteiger partial charge in [-0.3, -0.25) is 9.59 Å². The van der Waals surface area contributed by atoms with E-state index in [9.17, 15) is 14.7 Å². The average molecular weight is 442 g/mol. The van der Waals surface area contributed by atoms with Gasteiger partial charge in [-0.15, -0.1) is 0 Å². The number of amides is 1. The first kappa shape index (κ1) is 23.6. The number of aryl methyl sites for hydroxylation is 1. The predicted octanol–water partition coefficient (Wildman–Crippen LogP) is 4.57. The third-order valence-electron chi connectivity index (χ3n) is 5.52. The molecule has 1 aromatic carbocycles. The van der Waals surface area contributed by atoms with E-state index >= 15 is 0 Å². The molecule has 0 spiro atoms. The fourth-order valence-corrected chi connectivity index (χ4v) is 3.98. The molecule has 1 aliphatic rings. The van der Waals surface area contributed by atoms with E-state index in [2.05, 4.69) is 0 Å². The van der Waals surface area contributed by atoms with Crippen molar-refractivity contribution in [3.8, 4) is 5.75 Å². The van der Waals surface area contributed by atoms with Crippen molar-refractivity contribution >= 4 is 17.4 Å². The summed E-state index contributed by atoms with van der Waals surface area (Å²) >= 11 is 0. The summed E-state index contributed by atoms with van der Waals surface area (Å²) in [6.07, 6.45) is 0.556. The second-order valence-corrected chi connectivity index (χ2v) is 8.13. The summed E-state index contributed by atoms with van der Waals surface area (Å²) in [5.41, 5.74) is 1.40. The van der Waals surface area contributed by atoms with Crippen LogP contribution in [0.3, 0.4) is 0 Å². The number of Topliss-reactive ketones (excluding diaryl/α,β-unsaturated/α-hetero) is 1. The smallest absolute Gasteiger partial charge is 0.295 e. The molecule has 0 aliphatic carbocycles. The number of benzene rings is 1. The zero-order valence-electron chi connectivity index (χ0n) is 19.3. The summed E-state index contributed by atoms with van der Waals surface area (Å²) in [6.45, 7) is 9.04. The number of aliphatic hydroxyl groups is 1. The quantitative estimate of drug-likeness (QED) is 0.265. The largest absolute Gasteiger partial charge is 0.507 e. The number of carbonyl (C=O) groups is 2. The number of ketones is 1. The molecule has 0 radical (unpaired) electrons. The second-order valence-electron chi connectivity index (χ2n) is 8.13. The molecule has 1 aromatic heterocycles. The predicted molar refractivity (Wildman–Crippen MR) is 121 cm³/mol. The molecule has 1 unspecified atom stereocenters. The highest BCUT2D eigenvalue weighted by Crippen LogP contribution is 2.41. The Hall–Kier alpha value is -3.06. The van der Waals surface area contributed by atoms with Gasteiger partial charge in [-0.25, -0.2) is 0 Å². The third kappa shape index (κ3) is 4.58. The van der Waals surface area contributed by atoms with Crippen molar-refractivity contribution in [3.63, 3.8) is 0 Å². The maximum atomic E-state index is 13.0. The van der Waals surface area contributed by atoms with E-state index in [1.54, 1.807) is 38.3 Å². The minimum absolute atomic E-state index is 0.0284. The highest BCUT2D eigenvalue weighted by molar-refractivity contribution is 6.46. The first-order chi connectivity index (χ1) is 15.3. The van der Waals surface area contributed by atoms with E-state index in [1.807, 2.05) is 26.8 Å². The summed E-state index contributed by atoms with van der Waals surface area (Å²) in [6, 6.07) is 8.02. The first-order valence-electron chi connectivity index (χ1n) is 10.9. The number of methoxy groups -OCH3 is 1. The van der Waals surface area contributed by atoms with Crippen molar-refractivity contribution < 1.29 is 28.6 Å². The van der Waals surface area contributed by atoms with Crippen LogP contribution >= 0.6 is 0 Å². The Bertz CT molecular complexity index is 1020. The van der Waals surface area contributed by atoms with E-state index in [1.165, 1.54) is 4.90 Å². The van der Waals surface area contributed by atoms with E-state index in [4.69, 9.17) is 13.9 Å². The number of aliphatic hydroxyl groups excluding tert-OH is 1. The number of carbonyl (C=O) groups excluding carboxylic acids is 2. The molecule has 0 saturated carbocycles. The normalized spacial score (nSPS) is 18.1. The molecule has 32 heavy (non-hydrogen) atoms. The molecule has 3 rings (SSSR count). The SMILES string of the molecule is CCOc1ccc(/C(O)=C2/C(=O)C(=O)N(CCCOC)C2c2ccc(C)o2)cc1C(C)C. The van der Waals surface area contributed by atoms with Crippen LogP contribution in [0.2, 0.25) is 0 Å². The maximum Gasteiger partial charge on any atom is 0.295 e. The van der Waals surface area contributed by atoms with Crippen LogP contribution in [-0.4, -0.2) is 48.6 Å². The van der Waals surface area contributed by atoms with E-state index < -0.39 is 17.7 Å². The van der Waals surface area contributed by atoms with Crippen molar-refractivity contribution in [2.75, 3.05) is 26.9 Å². The lowest BCUT2D eigenvalue weighted by Crippen LogP contribution is -2.31. The van der Waals surface area contributed by atoms with Gasteiger partial charge in [0, 0.05) is 25.8 Å². The molecule has 2 heterocycles. The minimum Gasteiger partial charge on any atom is -0.507 e. The molecule has 1 N–H and O–H groups in total. The number of nitrogens with zero attached hydrogens (tertiary/aromatic N) is 1. The molecule has 172 valence electrons. The molecule has 1 fully saturated rings. The topological polar surface area (TPSA) is 89.2 Å². The van der Waals surface area contributed by atoms with Crippen LogP contribution in [0.1, 0.15) is 61.8 Å². The van der Waals surface area contributed by atoms with Crippen LogP contribution < -0.4 is 4.74 Å². The minimum atomic E-state index is -0.797. The third-order valence-corrected chi connectivity index (χ3v) is 5.52. The van der Waals surface area contributed by atoms with Gasteiger partial charge in [0.15, 0.2) is 0 Å². The maximum absolute atomic E-state index is 13.0. The Labute approximate surface area is 188 Å². The lowest BCUT2D eigenvalue weighted by molar-refractivity contribution is -0.140. The van der Waals surface area contributed by atoms with Crippen molar-refractivity contribution in [1.29, 1.82) is 0 Å². The van der Waals surface area contributed by atoms with Crippen LogP contribution in [-0.2, 0) is 14.3 Å². The van der Waals surface area contributed by atoms with Gasteiger partial charge >= 0.3 is 0 Å². The first-order valence-corrected chi connectivity index (χ1v) is 10.9. The zero-order chi connectivity index (χ0) is 23.4. The number of ether oxygens (including phenoxy) is 2. The van der Waals surface area contributed by atoms with Gasteiger partial charge in [-0.1, -0.05) is 13.8 Å². The molecular weight excluding hydrogens is 410 g/mol. The van der Waals surface area contributed by atoms with Gasteiger partial charge in [0.05, 0.1) is 12.2 Å². The summed E-state index contributed by atoms with van der Waals surface area (Å²) < 4.78 is 16.6. The Morgan fingerprint density at radius 3 is 2.56 bits per heavy atom. The van der Waals surface area contributed by atoms with Crippen LogP contribution in [0.5, 0.6) is 5.75 Å². The van der Waals surface area contributed by atoms with Gasteiger partial charge in [0.1, 0.15) is 29.1 Å². The monoisotopic (exact) mass is 441 g/mol. The highest BCUT2D eigenvalue weighted by atomic mass is 16.5. The zero-order valence-corrected chi connectivity index (χ0v) is 19.3. The number of rotatable bonds is 9. The van der Waals surface area contributed by atoms with Crippen molar-refractivity contribution in [2.24, 2.45) is 0 Å². The van der Waals surface area contributed by atoms with Crippen LogP contribution in [0.15, 0.2) is 40.3 Å². The summed E-state index contributed by atoms with van der Waals surface area (Å²) in [7, 11) is 1.58. The average Bonchev–Trinajstić information content (AvgIpc) is 3.30. The van der Waals surface area contributed by atoms with E-state index in [-0.39, 0.29) is 17.3 Å². The number of likely N-dealkylation sites (tertiary alicyclic amines) is 1. The van der Waals surface area contributed by atoms with Crippen LogP contribution in [0.4, 0.5) is 0 Å². The molecule has 1 aliphatic heterocycles. The van der Waals surface area contributed by atoms with E-state index in [0.29, 0.717) is 43.3 Å². The Morgan fingerprint density at radius 1 is 1.22 bits per heavy atom. The van der Waals surface area contributed by atoms with Crippen molar-refractivity contribution in [1.82, 2.24) is 4.90 Å². The summed E-state index contributed by atoms with van der Waals surface area (Å²) in [4.78, 5) is 27.4. The second kappa shape index (κ2) is 10.0. The Morgan fingerprint density at radius 2 is 1.97 bits per heavy atom. The molecule has 0 bridgehead atoms. The van der Waals surface area contributed by atoms with Gasteiger partial charge in [0.2, 0.25) is 0 Å². The molecule has 2 aromatic rings. The Kier molecular flexibility index (Phi) is 7.40. The fraction of sp³-hybridized carbons (Fsp3) is 0.440. The lowest BCUT2D eigenvalue weighted by Gasteiger charge is -2.23. The summed E-state index contributed by atoms with van der Waals surface area (Å²) in [5, 5.41) is 11.2. The van der Waals surface area contributed by atoms with Crippen LogP contribution in [0.25, 0.3) is 5.76 Å². The van der Waals surface area contributed by atoms with Gasteiger partial charge in [0.25, 0.3) is 11.7 Å². The Balaban J connectivity index is 2.12. The summed E-state index contributed by atoms with van der Waals surface area (Å²) in [5.74, 6) is 0.375. The van der Waals surface area contributed by atoms with Crippen molar-refractivity contribution in [2.45, 2.75) is 46.1 Å². The highest BCUT2D eigenvalue weighted by Gasteiger charge is 2.47. The van der Waals surface area contributed by atoms with Gasteiger partial charge in [-0.2, -0.15) is 0 Å². The molecule has 1 saturated heterocycles. The van der Waals surface area contributed by atoms with Gasteiger partial charge < -0.3 is 23.9 Å². The molecule has 7 heteroatoms.